The molecule has 1 aromatic heterocycles. The van der Waals surface area contributed by atoms with Gasteiger partial charge in [0.15, 0.2) is 10.9 Å². The van der Waals surface area contributed by atoms with Crippen molar-refractivity contribution in [2.24, 2.45) is 0 Å². The Bertz CT molecular complexity index is 911. The Labute approximate surface area is 167 Å². The van der Waals surface area contributed by atoms with E-state index >= 15 is 0 Å². The van der Waals surface area contributed by atoms with Crippen LogP contribution in [0.4, 0.5) is 11.5 Å². The average Bonchev–Trinajstić information content (AvgIpc) is 2.88. The fraction of sp³-hybridized carbons (Fsp3) is 0.200. The number of thiocarbonyl (C=S) groups is 1. The van der Waals surface area contributed by atoms with Gasteiger partial charge in [-0.1, -0.05) is 35.9 Å². The number of aromatic nitrogens is 2. The summed E-state index contributed by atoms with van der Waals surface area (Å²) in [6.45, 7) is 6.92. The summed E-state index contributed by atoms with van der Waals surface area (Å²) in [4.78, 5) is 0. The molecule has 6 heteroatoms. The van der Waals surface area contributed by atoms with E-state index in [1.165, 1.54) is 22.3 Å². The molecule has 4 nitrogen and oxygen atoms in total. The van der Waals surface area contributed by atoms with Gasteiger partial charge in [-0.25, -0.2) is 0 Å². The molecule has 0 aliphatic rings. The molecule has 26 heavy (non-hydrogen) atoms. The van der Waals surface area contributed by atoms with Gasteiger partial charge in [-0.2, -0.15) is 5.10 Å². The maximum absolute atomic E-state index is 5.43. The highest BCUT2D eigenvalue weighted by Crippen LogP contribution is 2.21. The maximum atomic E-state index is 5.43. The predicted molar refractivity (Wildman–Crippen MR) is 116 cm³/mol. The number of anilines is 2. The van der Waals surface area contributed by atoms with Gasteiger partial charge < -0.3 is 10.6 Å². The van der Waals surface area contributed by atoms with Crippen LogP contribution in [0.1, 0.15) is 22.3 Å². The highest BCUT2D eigenvalue weighted by atomic mass is 79.9. The van der Waals surface area contributed by atoms with Crippen LogP contribution in [0.2, 0.25) is 0 Å². The standard InChI is InChI=1S/C20H21BrN4S/c1-13-4-6-16(7-5-13)11-25-12-18(21)19(24-25)23-20(26)22-17-9-14(2)8-15(3)10-17/h4-10,12H,11H2,1-3H3,(H2,22,23,24,26). The molecule has 2 N–H and O–H groups in total. The quantitative estimate of drug-likeness (QED) is 0.543. The van der Waals surface area contributed by atoms with E-state index in [9.17, 15) is 0 Å². The van der Waals surface area contributed by atoms with Crippen LogP contribution in [0.25, 0.3) is 0 Å². The van der Waals surface area contributed by atoms with Gasteiger partial charge >= 0.3 is 0 Å². The summed E-state index contributed by atoms with van der Waals surface area (Å²) in [5.74, 6) is 0.694. The lowest BCUT2D eigenvalue weighted by molar-refractivity contribution is 0.689. The zero-order chi connectivity index (χ0) is 18.7. The Morgan fingerprint density at radius 1 is 1.00 bits per heavy atom. The summed E-state index contributed by atoms with van der Waals surface area (Å²) < 4.78 is 2.76. The number of aryl methyl sites for hydroxylation is 3. The summed E-state index contributed by atoms with van der Waals surface area (Å²) in [7, 11) is 0. The van der Waals surface area contributed by atoms with Crippen molar-refractivity contribution in [2.75, 3.05) is 10.6 Å². The van der Waals surface area contributed by atoms with Crippen molar-refractivity contribution in [3.05, 3.63) is 75.4 Å². The van der Waals surface area contributed by atoms with E-state index in [2.05, 4.69) is 94.9 Å². The molecule has 3 rings (SSSR count). The summed E-state index contributed by atoms with van der Waals surface area (Å²) in [5, 5.41) is 11.5. The second-order valence-corrected chi connectivity index (χ2v) is 7.73. The first-order valence-corrected chi connectivity index (χ1v) is 9.54. The lowest BCUT2D eigenvalue weighted by Crippen LogP contribution is -2.20. The van der Waals surface area contributed by atoms with Crippen LogP contribution in [0.3, 0.4) is 0 Å². The largest absolute Gasteiger partial charge is 0.332 e. The Morgan fingerprint density at radius 3 is 2.31 bits per heavy atom. The molecule has 0 bridgehead atoms. The van der Waals surface area contributed by atoms with Crippen LogP contribution in [-0.4, -0.2) is 14.9 Å². The van der Waals surface area contributed by atoms with Gasteiger partial charge in [0, 0.05) is 11.9 Å². The summed E-state index contributed by atoms with van der Waals surface area (Å²) in [6, 6.07) is 14.7. The van der Waals surface area contributed by atoms with E-state index in [-0.39, 0.29) is 0 Å². The first kappa shape index (κ1) is 18.6. The van der Waals surface area contributed by atoms with E-state index in [0.717, 1.165) is 10.2 Å². The monoisotopic (exact) mass is 428 g/mol. The van der Waals surface area contributed by atoms with E-state index in [1.807, 2.05) is 10.9 Å². The van der Waals surface area contributed by atoms with E-state index in [1.54, 1.807) is 0 Å². The molecule has 0 unspecified atom stereocenters. The average molecular weight is 429 g/mol. The second kappa shape index (κ2) is 8.01. The number of nitrogens with zero attached hydrogens (tertiary/aromatic N) is 2. The predicted octanol–water partition coefficient (Wildman–Crippen LogP) is 5.43. The molecule has 0 radical (unpaired) electrons. The van der Waals surface area contributed by atoms with E-state index in [0.29, 0.717) is 17.5 Å². The minimum atomic E-state index is 0.510. The van der Waals surface area contributed by atoms with Gasteiger partial charge in [-0.3, -0.25) is 4.68 Å². The second-order valence-electron chi connectivity index (χ2n) is 6.46. The van der Waals surface area contributed by atoms with Crippen LogP contribution < -0.4 is 10.6 Å². The zero-order valence-electron chi connectivity index (χ0n) is 15.0. The van der Waals surface area contributed by atoms with Crippen LogP contribution in [-0.2, 0) is 6.54 Å². The van der Waals surface area contributed by atoms with Crippen molar-refractivity contribution in [1.29, 1.82) is 0 Å². The van der Waals surface area contributed by atoms with Crippen molar-refractivity contribution in [1.82, 2.24) is 9.78 Å². The van der Waals surface area contributed by atoms with Crippen LogP contribution in [0, 0.1) is 20.8 Å². The zero-order valence-corrected chi connectivity index (χ0v) is 17.4. The topological polar surface area (TPSA) is 41.9 Å². The Morgan fingerprint density at radius 2 is 1.65 bits per heavy atom. The van der Waals surface area contributed by atoms with Crippen molar-refractivity contribution >= 4 is 44.8 Å². The molecule has 0 aliphatic heterocycles. The fourth-order valence-electron chi connectivity index (χ4n) is 2.76. The molecule has 1 heterocycles. The van der Waals surface area contributed by atoms with Gasteiger partial charge in [-0.05, 0) is 77.7 Å². The molecular formula is C20H21BrN4S. The maximum Gasteiger partial charge on any atom is 0.176 e. The third kappa shape index (κ3) is 4.93. The smallest absolute Gasteiger partial charge is 0.176 e. The molecule has 0 atom stereocenters. The molecular weight excluding hydrogens is 408 g/mol. The summed E-state index contributed by atoms with van der Waals surface area (Å²) >= 11 is 8.97. The van der Waals surface area contributed by atoms with Crippen molar-refractivity contribution < 1.29 is 0 Å². The number of halogens is 1. The van der Waals surface area contributed by atoms with Gasteiger partial charge in [-0.15, -0.1) is 0 Å². The minimum Gasteiger partial charge on any atom is -0.332 e. The number of benzene rings is 2. The van der Waals surface area contributed by atoms with Gasteiger partial charge in [0.1, 0.15) is 0 Å². The molecule has 0 saturated heterocycles. The lowest BCUT2D eigenvalue weighted by Gasteiger charge is -2.10. The molecule has 3 aromatic rings. The van der Waals surface area contributed by atoms with Gasteiger partial charge in [0.05, 0.1) is 11.0 Å². The molecule has 0 fully saturated rings. The Kier molecular flexibility index (Phi) is 5.74. The molecule has 134 valence electrons. The molecule has 0 aliphatic carbocycles. The minimum absolute atomic E-state index is 0.510. The first-order chi connectivity index (χ1) is 12.4. The van der Waals surface area contributed by atoms with Crippen LogP contribution in [0.5, 0.6) is 0 Å². The van der Waals surface area contributed by atoms with Crippen molar-refractivity contribution in [3.8, 4) is 0 Å². The molecule has 0 amide bonds. The van der Waals surface area contributed by atoms with Crippen molar-refractivity contribution in [2.45, 2.75) is 27.3 Å². The third-order valence-corrected chi connectivity index (χ3v) is 4.68. The van der Waals surface area contributed by atoms with E-state index < -0.39 is 0 Å². The number of hydrogen-bond donors (Lipinski definition) is 2. The molecule has 0 spiro atoms. The van der Waals surface area contributed by atoms with Gasteiger partial charge in [0.2, 0.25) is 0 Å². The van der Waals surface area contributed by atoms with Crippen molar-refractivity contribution in [3.63, 3.8) is 0 Å². The molecule has 0 saturated carbocycles. The fourth-order valence-corrected chi connectivity index (χ4v) is 3.39. The molecule has 2 aromatic carbocycles. The van der Waals surface area contributed by atoms with Crippen LogP contribution in [0.15, 0.2) is 53.1 Å². The third-order valence-electron chi connectivity index (χ3n) is 3.89. The Balaban J connectivity index is 1.66. The SMILES string of the molecule is Cc1ccc(Cn2cc(Br)c(NC(=S)Nc3cc(C)cc(C)c3)n2)cc1. The Hall–Kier alpha value is -2.18. The van der Waals surface area contributed by atoms with Crippen LogP contribution >= 0.6 is 28.1 Å². The number of rotatable bonds is 4. The number of hydrogen-bond acceptors (Lipinski definition) is 2. The first-order valence-electron chi connectivity index (χ1n) is 8.34. The van der Waals surface area contributed by atoms with E-state index in [4.69, 9.17) is 12.2 Å². The van der Waals surface area contributed by atoms with Gasteiger partial charge in [0.25, 0.3) is 0 Å². The summed E-state index contributed by atoms with van der Waals surface area (Å²) in [5.41, 5.74) is 5.81. The lowest BCUT2D eigenvalue weighted by atomic mass is 10.1. The normalized spacial score (nSPS) is 10.6. The highest BCUT2D eigenvalue weighted by molar-refractivity contribution is 9.10. The number of nitrogens with one attached hydrogen (secondary N) is 2. The highest BCUT2D eigenvalue weighted by Gasteiger charge is 2.09. The summed E-state index contributed by atoms with van der Waals surface area (Å²) in [6.07, 6.45) is 1.95.